The Hall–Kier alpha value is -0.0400. The monoisotopic (exact) mass is 309 g/mol. The molecular weight excluding hydrogens is 266 g/mol. The van der Waals surface area contributed by atoms with E-state index in [2.05, 4.69) is 53.9 Å². The van der Waals surface area contributed by atoms with E-state index in [0.717, 1.165) is 23.7 Å². The summed E-state index contributed by atoms with van der Waals surface area (Å²) in [6, 6.07) is 0.633. The summed E-state index contributed by atoms with van der Waals surface area (Å²) in [5.41, 5.74) is 0.545. The molecule has 0 saturated heterocycles. The molecular formula is C21H43N. The lowest BCUT2D eigenvalue weighted by Gasteiger charge is -2.48. The minimum atomic E-state index is 0.545. The van der Waals surface area contributed by atoms with Gasteiger partial charge >= 0.3 is 0 Å². The van der Waals surface area contributed by atoms with Gasteiger partial charge in [-0.1, -0.05) is 73.1 Å². The fourth-order valence-electron chi connectivity index (χ4n) is 5.21. The van der Waals surface area contributed by atoms with E-state index < -0.39 is 0 Å². The van der Waals surface area contributed by atoms with Crippen molar-refractivity contribution >= 4 is 0 Å². The maximum atomic E-state index is 3.48. The van der Waals surface area contributed by atoms with E-state index in [1.165, 1.54) is 51.4 Å². The van der Waals surface area contributed by atoms with Gasteiger partial charge in [0.1, 0.15) is 0 Å². The molecule has 0 amide bonds. The van der Waals surface area contributed by atoms with Gasteiger partial charge in [-0.25, -0.2) is 0 Å². The Balaban J connectivity index is 3.00. The van der Waals surface area contributed by atoms with Gasteiger partial charge in [-0.2, -0.15) is 0 Å². The number of hydrogen-bond acceptors (Lipinski definition) is 1. The van der Waals surface area contributed by atoms with Gasteiger partial charge in [-0.3, -0.25) is 0 Å². The molecule has 0 bridgehead atoms. The minimum absolute atomic E-state index is 0.545. The zero-order valence-electron chi connectivity index (χ0n) is 16.5. The van der Waals surface area contributed by atoms with Crippen molar-refractivity contribution < 1.29 is 0 Å². The summed E-state index contributed by atoms with van der Waals surface area (Å²) < 4.78 is 0. The molecule has 132 valence electrons. The third-order valence-corrected chi connectivity index (χ3v) is 7.36. The summed E-state index contributed by atoms with van der Waals surface area (Å²) in [5, 5.41) is 3.48. The average Bonchev–Trinajstić information content (AvgIpc) is 2.65. The van der Waals surface area contributed by atoms with Crippen LogP contribution in [-0.2, 0) is 0 Å². The highest BCUT2D eigenvalue weighted by Crippen LogP contribution is 2.53. The molecule has 6 atom stereocenters. The molecule has 1 N–H and O–H groups in total. The molecule has 0 radical (unpaired) electrons. The Kier molecular flexibility index (Phi) is 8.46. The summed E-state index contributed by atoms with van der Waals surface area (Å²) in [4.78, 5) is 0. The quantitative estimate of drug-likeness (QED) is 0.520. The number of nitrogens with one attached hydrogen (secondary N) is 1. The molecule has 1 fully saturated rings. The van der Waals surface area contributed by atoms with Crippen LogP contribution in [-0.4, -0.2) is 13.1 Å². The Morgan fingerprint density at radius 2 is 1.77 bits per heavy atom. The molecule has 0 aliphatic heterocycles. The van der Waals surface area contributed by atoms with E-state index >= 15 is 0 Å². The van der Waals surface area contributed by atoms with Crippen LogP contribution in [0.3, 0.4) is 0 Å². The summed E-state index contributed by atoms with van der Waals surface area (Å²) in [5.74, 6) is 3.48. The summed E-state index contributed by atoms with van der Waals surface area (Å²) in [6.45, 7) is 14.8. The van der Waals surface area contributed by atoms with Crippen molar-refractivity contribution in [3.63, 3.8) is 0 Å². The van der Waals surface area contributed by atoms with Crippen molar-refractivity contribution in [2.45, 2.75) is 99.0 Å². The van der Waals surface area contributed by atoms with Crippen molar-refractivity contribution in [2.75, 3.05) is 7.05 Å². The van der Waals surface area contributed by atoms with Gasteiger partial charge in [-0.05, 0) is 55.9 Å². The van der Waals surface area contributed by atoms with Gasteiger partial charge < -0.3 is 5.32 Å². The largest absolute Gasteiger partial charge is 0.317 e. The van der Waals surface area contributed by atoms with Gasteiger partial charge in [0.25, 0.3) is 0 Å². The topological polar surface area (TPSA) is 12.0 Å². The van der Waals surface area contributed by atoms with Gasteiger partial charge in [0.15, 0.2) is 0 Å². The average molecular weight is 310 g/mol. The highest BCUT2D eigenvalue weighted by Gasteiger charge is 2.45. The van der Waals surface area contributed by atoms with Crippen molar-refractivity contribution in [1.29, 1.82) is 0 Å². The lowest BCUT2D eigenvalue weighted by atomic mass is 9.57. The van der Waals surface area contributed by atoms with Crippen LogP contribution in [0.25, 0.3) is 0 Å². The van der Waals surface area contributed by atoms with Gasteiger partial charge in [0.05, 0.1) is 0 Å². The maximum Gasteiger partial charge on any atom is 0.00614 e. The van der Waals surface area contributed by atoms with Crippen LogP contribution >= 0.6 is 0 Å². The van der Waals surface area contributed by atoms with Gasteiger partial charge in [-0.15, -0.1) is 0 Å². The van der Waals surface area contributed by atoms with Crippen LogP contribution < -0.4 is 5.32 Å². The molecule has 1 saturated carbocycles. The zero-order chi connectivity index (χ0) is 16.8. The van der Waals surface area contributed by atoms with Gasteiger partial charge in [0.2, 0.25) is 0 Å². The van der Waals surface area contributed by atoms with E-state index in [9.17, 15) is 0 Å². The van der Waals surface area contributed by atoms with E-state index in [4.69, 9.17) is 0 Å². The van der Waals surface area contributed by atoms with Crippen LogP contribution in [0.5, 0.6) is 0 Å². The summed E-state index contributed by atoms with van der Waals surface area (Å²) in [7, 11) is 2.11. The van der Waals surface area contributed by atoms with E-state index in [1.54, 1.807) is 0 Å². The molecule has 1 rings (SSSR count). The zero-order valence-corrected chi connectivity index (χ0v) is 16.5. The Morgan fingerprint density at radius 1 is 1.14 bits per heavy atom. The molecule has 0 heterocycles. The molecule has 1 heteroatoms. The Morgan fingerprint density at radius 3 is 2.32 bits per heavy atom. The van der Waals surface area contributed by atoms with Crippen molar-refractivity contribution in [3.8, 4) is 0 Å². The first-order valence-corrected chi connectivity index (χ1v) is 10.1. The second-order valence-electron chi connectivity index (χ2n) is 8.43. The number of rotatable bonds is 8. The van der Waals surface area contributed by atoms with Crippen molar-refractivity contribution in [3.05, 3.63) is 0 Å². The van der Waals surface area contributed by atoms with E-state index in [1.807, 2.05) is 0 Å². The van der Waals surface area contributed by atoms with Crippen molar-refractivity contribution in [2.24, 2.45) is 29.1 Å². The van der Waals surface area contributed by atoms with Crippen molar-refractivity contribution in [1.82, 2.24) is 5.32 Å². The standard InChI is InChI=1S/C21H43N/c1-8-12-19(9-2)21(6)17(4)13-10-11-14-20(21)15-16(3)18(5)22-7/h16-20,22H,8-15H2,1-7H3. The number of hydrogen-bond donors (Lipinski definition) is 1. The lowest BCUT2D eigenvalue weighted by Crippen LogP contribution is -2.42. The molecule has 0 spiro atoms. The Labute approximate surface area is 141 Å². The lowest BCUT2D eigenvalue weighted by molar-refractivity contribution is 0.00777. The molecule has 1 aliphatic carbocycles. The molecule has 22 heavy (non-hydrogen) atoms. The predicted octanol–water partition coefficient (Wildman–Crippen LogP) is 6.28. The Bertz CT molecular complexity index is 300. The second-order valence-corrected chi connectivity index (χ2v) is 8.43. The fraction of sp³-hybridized carbons (Fsp3) is 1.00. The van der Waals surface area contributed by atoms with Crippen LogP contribution in [0.15, 0.2) is 0 Å². The summed E-state index contributed by atoms with van der Waals surface area (Å²) >= 11 is 0. The normalized spacial score (nSPS) is 34.0. The SMILES string of the molecule is CCCC(CC)C1(C)C(C)CCCCC1CC(C)C(C)NC. The molecule has 0 aromatic carbocycles. The van der Waals surface area contributed by atoms with E-state index in [0.29, 0.717) is 11.5 Å². The third kappa shape index (κ3) is 4.49. The minimum Gasteiger partial charge on any atom is -0.317 e. The first kappa shape index (κ1) is 20.0. The van der Waals surface area contributed by atoms with Crippen LogP contribution in [0.1, 0.15) is 92.9 Å². The molecule has 1 aliphatic rings. The van der Waals surface area contributed by atoms with E-state index in [-0.39, 0.29) is 0 Å². The molecule has 1 nitrogen and oxygen atoms in total. The summed E-state index contributed by atoms with van der Waals surface area (Å²) in [6.07, 6.45) is 11.3. The fourth-order valence-corrected chi connectivity index (χ4v) is 5.21. The molecule has 6 unspecified atom stereocenters. The van der Waals surface area contributed by atoms with Gasteiger partial charge in [0, 0.05) is 6.04 Å². The highest BCUT2D eigenvalue weighted by molar-refractivity contribution is 4.94. The van der Waals surface area contributed by atoms with Crippen LogP contribution in [0.2, 0.25) is 0 Å². The maximum absolute atomic E-state index is 3.48. The van der Waals surface area contributed by atoms with Crippen LogP contribution in [0.4, 0.5) is 0 Å². The smallest absolute Gasteiger partial charge is 0.00614 e. The first-order valence-electron chi connectivity index (χ1n) is 10.1. The molecule has 0 aromatic rings. The predicted molar refractivity (Wildman–Crippen MR) is 100 cm³/mol. The third-order valence-electron chi connectivity index (χ3n) is 7.36. The second kappa shape index (κ2) is 9.30. The highest BCUT2D eigenvalue weighted by atomic mass is 14.9. The molecule has 0 aromatic heterocycles. The first-order chi connectivity index (χ1) is 10.4. The van der Waals surface area contributed by atoms with Crippen LogP contribution in [0, 0.1) is 29.1 Å².